The second-order valence-corrected chi connectivity index (χ2v) is 3.09. The SMILES string of the molecule is C=CCN(C)C(=O)C#Cc1ccccc1. The van der Waals surface area contributed by atoms with Gasteiger partial charge in [-0.2, -0.15) is 0 Å². The van der Waals surface area contributed by atoms with Crippen molar-refractivity contribution in [1.29, 1.82) is 0 Å². The average molecular weight is 199 g/mol. The van der Waals surface area contributed by atoms with Gasteiger partial charge in [0.25, 0.3) is 5.91 Å². The molecule has 0 radical (unpaired) electrons. The smallest absolute Gasteiger partial charge is 0.298 e. The Morgan fingerprint density at radius 2 is 2.13 bits per heavy atom. The number of carbonyl (C=O) groups excluding carboxylic acids is 1. The fourth-order valence-electron chi connectivity index (χ4n) is 1.02. The van der Waals surface area contributed by atoms with E-state index in [2.05, 4.69) is 18.4 Å². The minimum Gasteiger partial charge on any atom is -0.331 e. The molecule has 0 atom stereocenters. The first-order valence-electron chi connectivity index (χ1n) is 4.67. The molecular formula is C13H13NO. The average Bonchev–Trinajstić information content (AvgIpc) is 2.27. The van der Waals surface area contributed by atoms with Crippen LogP contribution in [0.4, 0.5) is 0 Å². The first-order valence-corrected chi connectivity index (χ1v) is 4.67. The Balaban J connectivity index is 2.66. The highest BCUT2D eigenvalue weighted by molar-refractivity contribution is 5.94. The van der Waals surface area contributed by atoms with Crippen molar-refractivity contribution in [3.05, 3.63) is 48.6 Å². The van der Waals surface area contributed by atoms with Crippen molar-refractivity contribution in [2.24, 2.45) is 0 Å². The van der Waals surface area contributed by atoms with Crippen LogP contribution in [0.5, 0.6) is 0 Å². The monoisotopic (exact) mass is 199 g/mol. The molecule has 0 aromatic heterocycles. The quantitative estimate of drug-likeness (QED) is 0.524. The van der Waals surface area contributed by atoms with Gasteiger partial charge in [0.15, 0.2) is 0 Å². The van der Waals surface area contributed by atoms with Crippen LogP contribution in [0.2, 0.25) is 0 Å². The van der Waals surface area contributed by atoms with Crippen LogP contribution in [0, 0.1) is 11.8 Å². The molecule has 0 saturated carbocycles. The topological polar surface area (TPSA) is 20.3 Å². The number of amides is 1. The van der Waals surface area contributed by atoms with E-state index < -0.39 is 0 Å². The molecule has 1 aromatic carbocycles. The van der Waals surface area contributed by atoms with E-state index in [4.69, 9.17) is 0 Å². The van der Waals surface area contributed by atoms with Gasteiger partial charge in [-0.25, -0.2) is 0 Å². The van der Waals surface area contributed by atoms with Crippen molar-refractivity contribution < 1.29 is 4.79 Å². The molecule has 0 heterocycles. The van der Waals surface area contributed by atoms with Crippen molar-refractivity contribution in [2.75, 3.05) is 13.6 Å². The Morgan fingerprint density at radius 3 is 2.73 bits per heavy atom. The molecule has 0 aliphatic carbocycles. The van der Waals surface area contributed by atoms with Gasteiger partial charge in [0.2, 0.25) is 0 Å². The highest BCUT2D eigenvalue weighted by Crippen LogP contribution is 1.95. The fourth-order valence-corrected chi connectivity index (χ4v) is 1.02. The third-order valence-corrected chi connectivity index (χ3v) is 1.84. The molecule has 0 unspecified atom stereocenters. The maximum Gasteiger partial charge on any atom is 0.298 e. The van der Waals surface area contributed by atoms with E-state index in [0.717, 1.165) is 5.56 Å². The van der Waals surface area contributed by atoms with Crippen LogP contribution in [-0.2, 0) is 4.79 Å². The van der Waals surface area contributed by atoms with E-state index in [1.54, 1.807) is 13.1 Å². The Kier molecular flexibility index (Phi) is 4.18. The van der Waals surface area contributed by atoms with E-state index >= 15 is 0 Å². The Bertz CT molecular complexity index is 398. The molecule has 0 spiro atoms. The number of carbonyl (C=O) groups is 1. The van der Waals surface area contributed by atoms with Gasteiger partial charge in [-0.15, -0.1) is 6.58 Å². The summed E-state index contributed by atoms with van der Waals surface area (Å²) in [6.45, 7) is 4.08. The molecule has 0 bridgehead atoms. The van der Waals surface area contributed by atoms with Gasteiger partial charge < -0.3 is 4.90 Å². The molecule has 0 fully saturated rings. The van der Waals surface area contributed by atoms with Crippen molar-refractivity contribution >= 4 is 5.91 Å². The normalized spacial score (nSPS) is 8.60. The summed E-state index contributed by atoms with van der Waals surface area (Å²) in [5, 5.41) is 0. The van der Waals surface area contributed by atoms with Crippen molar-refractivity contribution in [1.82, 2.24) is 4.90 Å². The molecule has 76 valence electrons. The van der Waals surface area contributed by atoms with Gasteiger partial charge in [0, 0.05) is 25.1 Å². The van der Waals surface area contributed by atoms with Gasteiger partial charge in [-0.1, -0.05) is 30.2 Å². The summed E-state index contributed by atoms with van der Waals surface area (Å²) in [5.41, 5.74) is 0.845. The van der Waals surface area contributed by atoms with Crippen molar-refractivity contribution in [3.8, 4) is 11.8 Å². The third-order valence-electron chi connectivity index (χ3n) is 1.84. The molecule has 2 heteroatoms. The standard InChI is InChI=1S/C13H13NO/c1-3-11-14(2)13(15)10-9-12-7-5-4-6-8-12/h3-8H,1,11H2,2H3. The number of hydrogen-bond donors (Lipinski definition) is 0. The fraction of sp³-hybridized carbons (Fsp3) is 0.154. The first kappa shape index (κ1) is 11.1. The molecule has 15 heavy (non-hydrogen) atoms. The minimum atomic E-state index is -0.196. The molecule has 0 aliphatic heterocycles. The van der Waals surface area contributed by atoms with E-state index in [9.17, 15) is 4.79 Å². The van der Waals surface area contributed by atoms with E-state index in [0.29, 0.717) is 6.54 Å². The summed E-state index contributed by atoms with van der Waals surface area (Å²) in [5.74, 6) is 5.19. The predicted octanol–water partition coefficient (Wildman–Crippen LogP) is 1.68. The largest absolute Gasteiger partial charge is 0.331 e. The van der Waals surface area contributed by atoms with Crippen molar-refractivity contribution in [2.45, 2.75) is 0 Å². The van der Waals surface area contributed by atoms with Gasteiger partial charge in [0.1, 0.15) is 0 Å². The summed E-state index contributed by atoms with van der Waals surface area (Å²) in [6.07, 6.45) is 1.67. The highest BCUT2D eigenvalue weighted by atomic mass is 16.2. The lowest BCUT2D eigenvalue weighted by molar-refractivity contribution is -0.123. The molecule has 2 nitrogen and oxygen atoms in total. The molecule has 1 rings (SSSR count). The van der Waals surface area contributed by atoms with Crippen LogP contribution >= 0.6 is 0 Å². The lowest BCUT2D eigenvalue weighted by Crippen LogP contribution is -2.24. The maximum absolute atomic E-state index is 11.4. The van der Waals surface area contributed by atoms with Gasteiger partial charge >= 0.3 is 0 Å². The van der Waals surface area contributed by atoms with Crippen LogP contribution in [-0.4, -0.2) is 24.4 Å². The number of likely N-dealkylation sites (N-methyl/N-ethyl adjacent to an activating group) is 1. The summed E-state index contributed by atoms with van der Waals surface area (Å²) < 4.78 is 0. The van der Waals surface area contributed by atoms with Crippen LogP contribution in [0.3, 0.4) is 0 Å². The zero-order valence-corrected chi connectivity index (χ0v) is 8.73. The third kappa shape index (κ3) is 3.70. The zero-order chi connectivity index (χ0) is 11.1. The summed E-state index contributed by atoms with van der Waals surface area (Å²) in [4.78, 5) is 12.9. The molecule has 1 aromatic rings. The number of rotatable bonds is 2. The van der Waals surface area contributed by atoms with E-state index in [1.807, 2.05) is 30.3 Å². The molecule has 0 aliphatic rings. The molecule has 1 amide bonds. The van der Waals surface area contributed by atoms with Crippen LogP contribution in [0.15, 0.2) is 43.0 Å². The van der Waals surface area contributed by atoms with Crippen LogP contribution < -0.4 is 0 Å². The first-order chi connectivity index (χ1) is 7.24. The molecular weight excluding hydrogens is 186 g/mol. The number of benzene rings is 1. The van der Waals surface area contributed by atoms with Gasteiger partial charge in [-0.3, -0.25) is 4.79 Å². The van der Waals surface area contributed by atoms with Crippen molar-refractivity contribution in [3.63, 3.8) is 0 Å². The van der Waals surface area contributed by atoms with E-state index in [1.165, 1.54) is 4.90 Å². The molecule has 0 N–H and O–H groups in total. The van der Waals surface area contributed by atoms with Gasteiger partial charge in [0.05, 0.1) is 0 Å². The van der Waals surface area contributed by atoms with Crippen LogP contribution in [0.1, 0.15) is 5.56 Å². The summed E-state index contributed by atoms with van der Waals surface area (Å²) in [6, 6.07) is 9.43. The number of hydrogen-bond acceptors (Lipinski definition) is 1. The molecule has 0 saturated heterocycles. The van der Waals surface area contributed by atoms with E-state index in [-0.39, 0.29) is 5.91 Å². The minimum absolute atomic E-state index is 0.196. The summed E-state index contributed by atoms with van der Waals surface area (Å²) in [7, 11) is 1.70. The Hall–Kier alpha value is -2.01. The predicted molar refractivity (Wildman–Crippen MR) is 61.2 cm³/mol. The second kappa shape index (κ2) is 5.66. The lowest BCUT2D eigenvalue weighted by Gasteiger charge is -2.09. The zero-order valence-electron chi connectivity index (χ0n) is 8.73. The second-order valence-electron chi connectivity index (χ2n) is 3.09. The Labute approximate surface area is 90.2 Å². The lowest BCUT2D eigenvalue weighted by atomic mass is 10.2. The van der Waals surface area contributed by atoms with Gasteiger partial charge in [-0.05, 0) is 12.1 Å². The highest BCUT2D eigenvalue weighted by Gasteiger charge is 2.00. The number of nitrogens with zero attached hydrogens (tertiary/aromatic N) is 1. The maximum atomic E-state index is 11.4. The summed E-state index contributed by atoms with van der Waals surface area (Å²) >= 11 is 0. The van der Waals surface area contributed by atoms with Crippen LogP contribution in [0.25, 0.3) is 0 Å². The Morgan fingerprint density at radius 1 is 1.47 bits per heavy atom.